The highest BCUT2D eigenvalue weighted by molar-refractivity contribution is 6.12. The number of hydrazone groups is 1. The van der Waals surface area contributed by atoms with E-state index in [1.807, 2.05) is 50.2 Å². The van der Waals surface area contributed by atoms with Crippen LogP contribution in [0.2, 0.25) is 0 Å². The standard InChI is InChI=1S/C24H22N4O3/c1-4-28-24(30)20-12-8-7-11-19(20)22(27-28)23(29)26-25-15(2)16-13-14-21(31-3)18-10-6-5-9-17(16)18/h5-14H,4H2,1-3H3,(H,26,29)/b25-15-. The summed E-state index contributed by atoms with van der Waals surface area (Å²) in [6.07, 6.45) is 0. The molecule has 1 heterocycles. The van der Waals surface area contributed by atoms with Crippen LogP contribution in [0, 0.1) is 0 Å². The van der Waals surface area contributed by atoms with Crippen LogP contribution in [-0.2, 0) is 6.54 Å². The smallest absolute Gasteiger partial charge is 0.292 e. The first-order valence-electron chi connectivity index (χ1n) is 9.95. The second kappa shape index (κ2) is 8.39. The summed E-state index contributed by atoms with van der Waals surface area (Å²) in [5.74, 6) is 0.296. The first kappa shape index (κ1) is 20.3. The molecule has 0 aliphatic heterocycles. The number of amides is 1. The number of aryl methyl sites for hydroxylation is 1. The Morgan fingerprint density at radius 3 is 2.32 bits per heavy atom. The van der Waals surface area contributed by atoms with Gasteiger partial charge in [-0.1, -0.05) is 42.5 Å². The molecule has 3 aromatic carbocycles. The molecule has 0 radical (unpaired) electrons. The van der Waals surface area contributed by atoms with E-state index in [1.165, 1.54) is 4.68 Å². The van der Waals surface area contributed by atoms with E-state index < -0.39 is 5.91 Å². The summed E-state index contributed by atoms with van der Waals surface area (Å²) in [6, 6.07) is 18.6. The highest BCUT2D eigenvalue weighted by Gasteiger charge is 2.16. The fourth-order valence-electron chi connectivity index (χ4n) is 3.63. The van der Waals surface area contributed by atoms with E-state index in [-0.39, 0.29) is 11.3 Å². The molecule has 0 bridgehead atoms. The first-order chi connectivity index (χ1) is 15.0. The van der Waals surface area contributed by atoms with E-state index in [0.29, 0.717) is 23.0 Å². The zero-order valence-electron chi connectivity index (χ0n) is 17.5. The van der Waals surface area contributed by atoms with E-state index in [9.17, 15) is 9.59 Å². The molecule has 1 aromatic heterocycles. The number of rotatable bonds is 5. The number of benzene rings is 3. The molecule has 4 aromatic rings. The average molecular weight is 414 g/mol. The maximum Gasteiger partial charge on any atom is 0.292 e. The Bertz CT molecular complexity index is 1390. The molecule has 0 saturated carbocycles. The molecular weight excluding hydrogens is 392 g/mol. The molecule has 0 atom stereocenters. The monoisotopic (exact) mass is 414 g/mol. The van der Waals surface area contributed by atoms with Crippen LogP contribution < -0.4 is 15.7 Å². The molecule has 1 N–H and O–H groups in total. The number of fused-ring (bicyclic) bond motifs is 2. The Hall–Kier alpha value is -4.00. The van der Waals surface area contributed by atoms with Crippen molar-refractivity contribution < 1.29 is 9.53 Å². The number of ether oxygens (including phenoxy) is 1. The number of aromatic nitrogens is 2. The minimum Gasteiger partial charge on any atom is -0.496 e. The fraction of sp³-hybridized carbons (Fsp3) is 0.167. The SMILES string of the molecule is CCn1nc(C(=O)N/N=C(/C)c2ccc(OC)c3ccccc23)c2ccccc2c1=O. The van der Waals surface area contributed by atoms with Gasteiger partial charge in [-0.15, -0.1) is 0 Å². The van der Waals surface area contributed by atoms with E-state index in [0.717, 1.165) is 22.1 Å². The summed E-state index contributed by atoms with van der Waals surface area (Å²) in [5, 5.41) is 11.4. The topological polar surface area (TPSA) is 85.6 Å². The molecule has 0 saturated heterocycles. The quantitative estimate of drug-likeness (QED) is 0.398. The molecule has 156 valence electrons. The summed E-state index contributed by atoms with van der Waals surface area (Å²) in [5.41, 5.74) is 4.05. The Kier molecular flexibility index (Phi) is 5.49. The number of nitrogens with one attached hydrogen (secondary N) is 1. The molecule has 0 spiro atoms. The number of nitrogens with zero attached hydrogens (tertiary/aromatic N) is 3. The van der Waals surface area contributed by atoms with E-state index >= 15 is 0 Å². The largest absolute Gasteiger partial charge is 0.496 e. The van der Waals surface area contributed by atoms with Gasteiger partial charge in [0.05, 0.1) is 18.2 Å². The van der Waals surface area contributed by atoms with Gasteiger partial charge in [0, 0.05) is 22.9 Å². The molecule has 7 nitrogen and oxygen atoms in total. The zero-order valence-corrected chi connectivity index (χ0v) is 17.5. The lowest BCUT2D eigenvalue weighted by Gasteiger charge is -2.11. The Morgan fingerprint density at radius 2 is 1.65 bits per heavy atom. The average Bonchev–Trinajstić information content (AvgIpc) is 2.82. The second-order valence-corrected chi connectivity index (χ2v) is 7.01. The molecule has 1 amide bonds. The normalized spacial score (nSPS) is 11.6. The summed E-state index contributed by atoms with van der Waals surface area (Å²) >= 11 is 0. The lowest BCUT2D eigenvalue weighted by atomic mass is 10.0. The number of hydrogen-bond donors (Lipinski definition) is 1. The molecule has 0 aliphatic carbocycles. The number of carbonyl (C=O) groups excluding carboxylic acids is 1. The van der Waals surface area contributed by atoms with Crippen molar-refractivity contribution in [2.45, 2.75) is 20.4 Å². The van der Waals surface area contributed by atoms with Crippen molar-refractivity contribution in [3.05, 3.63) is 82.3 Å². The van der Waals surface area contributed by atoms with Gasteiger partial charge in [0.2, 0.25) is 0 Å². The second-order valence-electron chi connectivity index (χ2n) is 7.01. The van der Waals surface area contributed by atoms with Gasteiger partial charge in [0.15, 0.2) is 5.69 Å². The van der Waals surface area contributed by atoms with Crippen LogP contribution in [0.3, 0.4) is 0 Å². The third-order valence-electron chi connectivity index (χ3n) is 5.20. The van der Waals surface area contributed by atoms with Gasteiger partial charge in [0.25, 0.3) is 11.5 Å². The van der Waals surface area contributed by atoms with Crippen LogP contribution in [0.1, 0.15) is 29.9 Å². The molecule has 0 unspecified atom stereocenters. The van der Waals surface area contributed by atoms with Gasteiger partial charge in [-0.25, -0.2) is 10.1 Å². The van der Waals surface area contributed by atoms with Crippen molar-refractivity contribution in [1.82, 2.24) is 15.2 Å². The minimum atomic E-state index is -0.476. The summed E-state index contributed by atoms with van der Waals surface area (Å²) in [7, 11) is 1.63. The van der Waals surface area contributed by atoms with Gasteiger partial charge in [-0.2, -0.15) is 10.2 Å². The van der Waals surface area contributed by atoms with Crippen molar-refractivity contribution in [3.63, 3.8) is 0 Å². The minimum absolute atomic E-state index is 0.160. The van der Waals surface area contributed by atoms with Crippen molar-refractivity contribution in [3.8, 4) is 5.75 Å². The van der Waals surface area contributed by atoms with E-state index in [2.05, 4.69) is 15.6 Å². The third kappa shape index (κ3) is 3.66. The highest BCUT2D eigenvalue weighted by atomic mass is 16.5. The zero-order chi connectivity index (χ0) is 22.0. The molecule has 4 rings (SSSR count). The van der Waals surface area contributed by atoms with Gasteiger partial charge < -0.3 is 4.74 Å². The van der Waals surface area contributed by atoms with Crippen LogP contribution in [-0.4, -0.2) is 28.5 Å². The molecule has 0 fully saturated rings. The Balaban J connectivity index is 1.72. The van der Waals surface area contributed by atoms with E-state index in [1.54, 1.807) is 31.4 Å². The van der Waals surface area contributed by atoms with Crippen LogP contribution in [0.25, 0.3) is 21.5 Å². The molecular formula is C24H22N4O3. The van der Waals surface area contributed by atoms with Crippen LogP contribution in [0.4, 0.5) is 0 Å². The third-order valence-corrected chi connectivity index (χ3v) is 5.20. The van der Waals surface area contributed by atoms with Gasteiger partial charge in [-0.05, 0) is 37.4 Å². The van der Waals surface area contributed by atoms with Gasteiger partial charge >= 0.3 is 0 Å². The predicted molar refractivity (Wildman–Crippen MR) is 122 cm³/mol. The number of carbonyl (C=O) groups is 1. The predicted octanol–water partition coefficient (Wildman–Crippen LogP) is 3.73. The van der Waals surface area contributed by atoms with Crippen molar-refractivity contribution in [2.24, 2.45) is 5.10 Å². The van der Waals surface area contributed by atoms with Crippen LogP contribution >= 0.6 is 0 Å². The lowest BCUT2D eigenvalue weighted by Crippen LogP contribution is -2.28. The van der Waals surface area contributed by atoms with Crippen molar-refractivity contribution in [1.29, 1.82) is 0 Å². The summed E-state index contributed by atoms with van der Waals surface area (Å²) in [4.78, 5) is 25.4. The lowest BCUT2D eigenvalue weighted by molar-refractivity contribution is 0.0949. The first-order valence-corrected chi connectivity index (χ1v) is 9.95. The molecule has 7 heteroatoms. The maximum atomic E-state index is 12.9. The van der Waals surface area contributed by atoms with Crippen LogP contribution in [0.15, 0.2) is 70.6 Å². The van der Waals surface area contributed by atoms with E-state index in [4.69, 9.17) is 4.74 Å². The highest BCUT2D eigenvalue weighted by Crippen LogP contribution is 2.28. The van der Waals surface area contributed by atoms with Gasteiger partial charge in [0.1, 0.15) is 5.75 Å². The fourth-order valence-corrected chi connectivity index (χ4v) is 3.63. The summed E-state index contributed by atoms with van der Waals surface area (Å²) < 4.78 is 6.73. The number of hydrogen-bond acceptors (Lipinski definition) is 5. The Morgan fingerprint density at radius 1 is 1.00 bits per heavy atom. The van der Waals surface area contributed by atoms with Gasteiger partial charge in [-0.3, -0.25) is 9.59 Å². The maximum absolute atomic E-state index is 12.9. The molecule has 0 aliphatic rings. The molecule has 31 heavy (non-hydrogen) atoms. The Labute approximate surface area is 179 Å². The summed E-state index contributed by atoms with van der Waals surface area (Å²) in [6.45, 7) is 4.00. The van der Waals surface area contributed by atoms with Crippen molar-refractivity contribution >= 4 is 33.2 Å². The van der Waals surface area contributed by atoms with Crippen LogP contribution in [0.5, 0.6) is 5.75 Å². The van der Waals surface area contributed by atoms with Crippen molar-refractivity contribution in [2.75, 3.05) is 7.11 Å². The number of methoxy groups -OCH3 is 1.